The number of amides is 2. The number of nitrogens with one attached hydrogen (secondary N) is 1. The van der Waals surface area contributed by atoms with Crippen molar-refractivity contribution in [2.75, 3.05) is 6.54 Å². The number of carbonyl (C=O) groups excluding carboxylic acids is 2. The summed E-state index contributed by atoms with van der Waals surface area (Å²) in [6.07, 6.45) is 4.84. The molecule has 1 saturated heterocycles. The molecule has 1 aromatic carbocycles. The second kappa shape index (κ2) is 8.60. The first-order chi connectivity index (χ1) is 13.3. The minimum atomic E-state index is -0.416. The quantitative estimate of drug-likeness (QED) is 0.812. The van der Waals surface area contributed by atoms with Gasteiger partial charge >= 0.3 is 0 Å². The van der Waals surface area contributed by atoms with Crippen LogP contribution in [0.2, 0.25) is 0 Å². The van der Waals surface area contributed by atoms with E-state index in [1.165, 1.54) is 12.1 Å². The maximum Gasteiger partial charge on any atom is 0.220 e. The summed E-state index contributed by atoms with van der Waals surface area (Å²) in [5.41, 5.74) is 0.603. The molecule has 28 heavy (non-hydrogen) atoms. The Morgan fingerprint density at radius 3 is 2.61 bits per heavy atom. The van der Waals surface area contributed by atoms with Gasteiger partial charge in [0, 0.05) is 31.3 Å². The molecule has 1 aliphatic carbocycles. The fraction of sp³-hybridized carbons (Fsp3) is 0.636. The zero-order valence-electron chi connectivity index (χ0n) is 16.8. The Morgan fingerprint density at radius 1 is 1.25 bits per heavy atom. The molecule has 154 valence electrons. The van der Waals surface area contributed by atoms with Crippen LogP contribution in [-0.2, 0) is 16.0 Å². The minimum absolute atomic E-state index is 0.00776. The lowest BCUT2D eigenvalue weighted by molar-refractivity contribution is -0.134. The number of aliphatic hydroxyl groups is 1. The molecule has 4 atom stereocenters. The van der Waals surface area contributed by atoms with Crippen molar-refractivity contribution in [2.24, 2.45) is 5.41 Å². The van der Waals surface area contributed by atoms with E-state index in [1.54, 1.807) is 19.1 Å². The Morgan fingerprint density at radius 2 is 1.93 bits per heavy atom. The molecule has 2 amide bonds. The van der Waals surface area contributed by atoms with Gasteiger partial charge in [-0.15, -0.1) is 0 Å². The maximum atomic E-state index is 13.0. The van der Waals surface area contributed by atoms with Gasteiger partial charge in [0.1, 0.15) is 5.82 Å². The average molecular weight is 390 g/mol. The molecule has 1 heterocycles. The maximum absolute atomic E-state index is 13.0. The third kappa shape index (κ3) is 4.37. The summed E-state index contributed by atoms with van der Waals surface area (Å²) in [4.78, 5) is 26.5. The summed E-state index contributed by atoms with van der Waals surface area (Å²) in [5.74, 6) is -0.356. The summed E-state index contributed by atoms with van der Waals surface area (Å²) in [5, 5.41) is 13.7. The number of nitrogens with zero attached hydrogens (tertiary/aromatic N) is 1. The minimum Gasteiger partial charge on any atom is -0.392 e. The Labute approximate surface area is 166 Å². The van der Waals surface area contributed by atoms with E-state index in [-0.39, 0.29) is 35.1 Å². The molecule has 6 heteroatoms. The van der Waals surface area contributed by atoms with Crippen molar-refractivity contribution in [3.8, 4) is 0 Å². The van der Waals surface area contributed by atoms with Gasteiger partial charge in [-0.05, 0) is 43.4 Å². The standard InChI is InChI=1S/C22H31FN2O3/c1-15(26)25-18(13-22(2)19(25)5-3-4-6-20(22)27)14-24-21(28)12-9-16-7-10-17(23)11-8-16/h7-8,10-11,18-20,27H,3-6,9,12-14H2,1-2H3,(H,24,28)/t18-,19-,20+,22-/m1/s1. The number of hydrogen-bond acceptors (Lipinski definition) is 3. The van der Waals surface area contributed by atoms with Crippen LogP contribution in [0.25, 0.3) is 0 Å². The molecule has 1 aromatic rings. The highest BCUT2D eigenvalue weighted by Gasteiger charge is 2.53. The Hall–Kier alpha value is -1.95. The highest BCUT2D eigenvalue weighted by molar-refractivity contribution is 5.77. The van der Waals surface area contributed by atoms with Crippen molar-refractivity contribution in [3.63, 3.8) is 0 Å². The van der Waals surface area contributed by atoms with E-state index in [0.717, 1.165) is 31.2 Å². The first-order valence-corrected chi connectivity index (χ1v) is 10.3. The lowest BCUT2D eigenvalue weighted by Crippen LogP contribution is -2.48. The van der Waals surface area contributed by atoms with E-state index in [1.807, 2.05) is 4.90 Å². The predicted octanol–water partition coefficient (Wildman–Crippen LogP) is 2.81. The van der Waals surface area contributed by atoms with Gasteiger partial charge in [-0.2, -0.15) is 0 Å². The van der Waals surface area contributed by atoms with E-state index in [2.05, 4.69) is 12.2 Å². The van der Waals surface area contributed by atoms with Crippen molar-refractivity contribution in [3.05, 3.63) is 35.6 Å². The van der Waals surface area contributed by atoms with Crippen LogP contribution in [0, 0.1) is 11.2 Å². The summed E-state index contributed by atoms with van der Waals surface area (Å²) in [6, 6.07) is 6.11. The molecule has 0 aromatic heterocycles. The third-order valence-corrected chi connectivity index (χ3v) is 6.58. The van der Waals surface area contributed by atoms with Crippen LogP contribution in [-0.4, -0.2) is 46.6 Å². The van der Waals surface area contributed by atoms with Gasteiger partial charge in [0.25, 0.3) is 0 Å². The van der Waals surface area contributed by atoms with Gasteiger partial charge in [-0.25, -0.2) is 4.39 Å². The smallest absolute Gasteiger partial charge is 0.220 e. The van der Waals surface area contributed by atoms with Crippen LogP contribution < -0.4 is 5.32 Å². The number of hydrogen-bond donors (Lipinski definition) is 2. The molecule has 2 aliphatic rings. The largest absolute Gasteiger partial charge is 0.392 e. The number of aryl methyl sites for hydroxylation is 1. The second-order valence-corrected chi connectivity index (χ2v) is 8.54. The van der Waals surface area contributed by atoms with Gasteiger partial charge in [0.2, 0.25) is 11.8 Å². The van der Waals surface area contributed by atoms with Crippen LogP contribution in [0.15, 0.2) is 24.3 Å². The van der Waals surface area contributed by atoms with E-state index >= 15 is 0 Å². The van der Waals surface area contributed by atoms with Crippen LogP contribution in [0.5, 0.6) is 0 Å². The highest BCUT2D eigenvalue weighted by Crippen LogP contribution is 2.48. The first-order valence-electron chi connectivity index (χ1n) is 10.3. The van der Waals surface area contributed by atoms with Gasteiger partial charge in [-0.1, -0.05) is 31.9 Å². The SMILES string of the molecule is CC(=O)N1[C@@H](CNC(=O)CCc2ccc(F)cc2)C[C@@]2(C)[C@@H](O)CCCC[C@@H]12. The van der Waals surface area contributed by atoms with Crippen molar-refractivity contribution in [2.45, 2.75) is 77.0 Å². The number of carbonyl (C=O) groups is 2. The number of fused-ring (bicyclic) bond motifs is 1. The molecular weight excluding hydrogens is 359 g/mol. The summed E-state index contributed by atoms with van der Waals surface area (Å²) in [7, 11) is 0. The van der Waals surface area contributed by atoms with E-state index in [4.69, 9.17) is 0 Å². The molecule has 2 N–H and O–H groups in total. The molecule has 0 bridgehead atoms. The number of rotatable bonds is 5. The first kappa shape index (κ1) is 20.8. The number of aliphatic hydroxyl groups excluding tert-OH is 1. The van der Waals surface area contributed by atoms with E-state index in [0.29, 0.717) is 25.8 Å². The molecule has 0 unspecified atom stereocenters. The molecule has 1 saturated carbocycles. The molecule has 0 radical (unpaired) electrons. The zero-order valence-corrected chi connectivity index (χ0v) is 16.8. The normalized spacial score (nSPS) is 29.9. The van der Waals surface area contributed by atoms with Crippen molar-refractivity contribution >= 4 is 11.8 Å². The van der Waals surface area contributed by atoms with E-state index < -0.39 is 6.10 Å². The number of benzene rings is 1. The van der Waals surface area contributed by atoms with Gasteiger partial charge in [-0.3, -0.25) is 9.59 Å². The molecule has 5 nitrogen and oxygen atoms in total. The molecule has 3 rings (SSSR count). The lowest BCUT2D eigenvalue weighted by Gasteiger charge is -2.37. The summed E-state index contributed by atoms with van der Waals surface area (Å²) >= 11 is 0. The highest BCUT2D eigenvalue weighted by atomic mass is 19.1. The Bertz CT molecular complexity index is 708. The summed E-state index contributed by atoms with van der Waals surface area (Å²) in [6.45, 7) is 4.06. The molecule has 0 spiro atoms. The number of likely N-dealkylation sites (tertiary alicyclic amines) is 1. The lowest BCUT2D eigenvalue weighted by atomic mass is 9.75. The van der Waals surface area contributed by atoms with Crippen LogP contribution in [0.3, 0.4) is 0 Å². The Kier molecular flexibility index (Phi) is 6.38. The monoisotopic (exact) mass is 390 g/mol. The fourth-order valence-electron chi connectivity index (χ4n) is 5.02. The number of halogens is 1. The van der Waals surface area contributed by atoms with Crippen molar-refractivity contribution in [1.82, 2.24) is 10.2 Å². The third-order valence-electron chi connectivity index (χ3n) is 6.58. The predicted molar refractivity (Wildman–Crippen MR) is 105 cm³/mol. The van der Waals surface area contributed by atoms with Crippen molar-refractivity contribution < 1.29 is 19.1 Å². The zero-order chi connectivity index (χ0) is 20.3. The van der Waals surface area contributed by atoms with Gasteiger partial charge in [0.05, 0.1) is 12.1 Å². The fourth-order valence-corrected chi connectivity index (χ4v) is 5.02. The molecule has 2 fully saturated rings. The average Bonchev–Trinajstić information content (AvgIpc) is 2.88. The molecule has 1 aliphatic heterocycles. The molecular formula is C22H31FN2O3. The van der Waals surface area contributed by atoms with Gasteiger partial charge in [0.15, 0.2) is 0 Å². The summed E-state index contributed by atoms with van der Waals surface area (Å²) < 4.78 is 13.0. The second-order valence-electron chi connectivity index (χ2n) is 8.54. The van der Waals surface area contributed by atoms with Crippen LogP contribution in [0.4, 0.5) is 4.39 Å². The van der Waals surface area contributed by atoms with E-state index in [9.17, 15) is 19.1 Å². The Balaban J connectivity index is 1.58. The topological polar surface area (TPSA) is 69.6 Å². The van der Waals surface area contributed by atoms with Crippen LogP contribution >= 0.6 is 0 Å². The van der Waals surface area contributed by atoms with Crippen LogP contribution in [0.1, 0.15) is 57.9 Å². The van der Waals surface area contributed by atoms with Crippen molar-refractivity contribution in [1.29, 1.82) is 0 Å². The van der Waals surface area contributed by atoms with Gasteiger partial charge < -0.3 is 15.3 Å².